The van der Waals surface area contributed by atoms with Crippen molar-refractivity contribution in [2.45, 2.75) is 13.1 Å². The largest absolute Gasteiger partial charge is 0.308 e. The first-order valence-electron chi connectivity index (χ1n) is 6.22. The van der Waals surface area contributed by atoms with E-state index in [0.717, 1.165) is 18.8 Å². The molecule has 0 aliphatic rings. The normalized spacial score (nSPS) is 10.7. The third-order valence-electron chi connectivity index (χ3n) is 2.95. The van der Waals surface area contributed by atoms with E-state index >= 15 is 0 Å². The highest BCUT2D eigenvalue weighted by molar-refractivity contribution is 7.09. The van der Waals surface area contributed by atoms with E-state index in [1.807, 2.05) is 17.1 Å². The van der Waals surface area contributed by atoms with Crippen molar-refractivity contribution in [1.82, 2.24) is 14.9 Å². The standard InChI is InChI=1S/C15H15N3S/c1-2-15(19-9-1)11-17-10-13-3-5-14(6-4-13)18-8-7-16-12-18/h1-9,12,17H,10-11H2. The lowest BCUT2D eigenvalue weighted by atomic mass is 10.2. The van der Waals surface area contributed by atoms with Gasteiger partial charge in [-0.05, 0) is 29.1 Å². The second-order valence-electron chi connectivity index (χ2n) is 4.32. The zero-order chi connectivity index (χ0) is 12.9. The Labute approximate surface area is 116 Å². The highest BCUT2D eigenvalue weighted by Crippen LogP contribution is 2.10. The Kier molecular flexibility index (Phi) is 3.72. The Balaban J connectivity index is 1.57. The maximum Gasteiger partial charge on any atom is 0.0991 e. The molecule has 0 aliphatic heterocycles. The summed E-state index contributed by atoms with van der Waals surface area (Å²) in [7, 11) is 0. The Morgan fingerprint density at radius 2 is 2.00 bits per heavy atom. The first-order chi connectivity index (χ1) is 9.42. The highest BCUT2D eigenvalue weighted by atomic mass is 32.1. The molecule has 4 heteroatoms. The van der Waals surface area contributed by atoms with E-state index in [1.54, 1.807) is 17.5 Å². The van der Waals surface area contributed by atoms with Gasteiger partial charge in [-0.3, -0.25) is 0 Å². The quantitative estimate of drug-likeness (QED) is 0.770. The fraction of sp³-hybridized carbons (Fsp3) is 0.133. The van der Waals surface area contributed by atoms with E-state index in [1.165, 1.54) is 10.4 Å². The van der Waals surface area contributed by atoms with E-state index in [4.69, 9.17) is 0 Å². The monoisotopic (exact) mass is 269 g/mol. The van der Waals surface area contributed by atoms with Crippen molar-refractivity contribution >= 4 is 11.3 Å². The molecule has 0 atom stereocenters. The van der Waals surface area contributed by atoms with Crippen LogP contribution in [0.25, 0.3) is 5.69 Å². The van der Waals surface area contributed by atoms with Crippen molar-refractivity contribution in [3.05, 3.63) is 70.9 Å². The van der Waals surface area contributed by atoms with E-state index in [-0.39, 0.29) is 0 Å². The van der Waals surface area contributed by atoms with Crippen LogP contribution in [0.2, 0.25) is 0 Å². The Hall–Kier alpha value is -1.91. The van der Waals surface area contributed by atoms with Crippen molar-refractivity contribution in [1.29, 1.82) is 0 Å². The molecule has 0 unspecified atom stereocenters. The molecular formula is C15H15N3S. The molecule has 0 saturated carbocycles. The van der Waals surface area contributed by atoms with Crippen LogP contribution in [0.15, 0.2) is 60.5 Å². The molecule has 0 fully saturated rings. The van der Waals surface area contributed by atoms with Gasteiger partial charge in [0.2, 0.25) is 0 Å². The van der Waals surface area contributed by atoms with Gasteiger partial charge in [-0.2, -0.15) is 0 Å². The van der Waals surface area contributed by atoms with Crippen LogP contribution in [0, 0.1) is 0 Å². The molecule has 0 bridgehead atoms. The molecule has 19 heavy (non-hydrogen) atoms. The van der Waals surface area contributed by atoms with Crippen LogP contribution in [-0.4, -0.2) is 9.55 Å². The molecule has 0 radical (unpaired) electrons. The molecule has 96 valence electrons. The molecule has 0 saturated heterocycles. The van der Waals surface area contributed by atoms with Crippen LogP contribution in [0.3, 0.4) is 0 Å². The van der Waals surface area contributed by atoms with Crippen molar-refractivity contribution in [2.24, 2.45) is 0 Å². The summed E-state index contributed by atoms with van der Waals surface area (Å²) in [4.78, 5) is 5.42. The first kappa shape index (κ1) is 12.1. The average molecular weight is 269 g/mol. The summed E-state index contributed by atoms with van der Waals surface area (Å²) in [6, 6.07) is 12.8. The first-order valence-corrected chi connectivity index (χ1v) is 7.10. The lowest BCUT2D eigenvalue weighted by molar-refractivity contribution is 0.701. The Morgan fingerprint density at radius 1 is 1.11 bits per heavy atom. The molecule has 3 nitrogen and oxygen atoms in total. The van der Waals surface area contributed by atoms with Crippen molar-refractivity contribution in [2.75, 3.05) is 0 Å². The van der Waals surface area contributed by atoms with Crippen molar-refractivity contribution in [3.8, 4) is 5.69 Å². The predicted molar refractivity (Wildman–Crippen MR) is 78.4 cm³/mol. The van der Waals surface area contributed by atoms with Crippen LogP contribution >= 0.6 is 11.3 Å². The number of rotatable bonds is 5. The number of thiophene rings is 1. The maximum absolute atomic E-state index is 4.05. The van der Waals surface area contributed by atoms with Gasteiger partial charge in [-0.15, -0.1) is 11.3 Å². The lowest BCUT2D eigenvalue weighted by Gasteiger charge is -2.06. The SMILES string of the molecule is c1csc(CNCc2ccc(-n3ccnc3)cc2)c1. The summed E-state index contributed by atoms with van der Waals surface area (Å²) in [5.41, 5.74) is 2.43. The van der Waals surface area contributed by atoms with Crippen LogP contribution in [0.1, 0.15) is 10.4 Å². The minimum atomic E-state index is 0.891. The van der Waals surface area contributed by atoms with E-state index < -0.39 is 0 Å². The van der Waals surface area contributed by atoms with E-state index in [9.17, 15) is 0 Å². The molecule has 0 amide bonds. The Bertz CT molecular complexity index is 597. The number of hydrogen-bond acceptors (Lipinski definition) is 3. The number of nitrogens with one attached hydrogen (secondary N) is 1. The van der Waals surface area contributed by atoms with Gasteiger partial charge >= 0.3 is 0 Å². The topological polar surface area (TPSA) is 29.9 Å². The van der Waals surface area contributed by atoms with Gasteiger partial charge in [0, 0.05) is 36.0 Å². The zero-order valence-corrected chi connectivity index (χ0v) is 11.3. The van der Waals surface area contributed by atoms with Gasteiger partial charge in [-0.1, -0.05) is 18.2 Å². The summed E-state index contributed by atoms with van der Waals surface area (Å²) in [5, 5.41) is 5.56. The summed E-state index contributed by atoms with van der Waals surface area (Å²) >= 11 is 1.79. The molecule has 2 aromatic heterocycles. The summed E-state index contributed by atoms with van der Waals surface area (Å²) < 4.78 is 2.00. The smallest absolute Gasteiger partial charge is 0.0991 e. The van der Waals surface area contributed by atoms with E-state index in [2.05, 4.69) is 52.1 Å². The molecule has 3 rings (SSSR count). The van der Waals surface area contributed by atoms with Crippen LogP contribution in [-0.2, 0) is 13.1 Å². The minimum Gasteiger partial charge on any atom is -0.308 e. The fourth-order valence-electron chi connectivity index (χ4n) is 1.94. The second kappa shape index (κ2) is 5.82. The van der Waals surface area contributed by atoms with Crippen LogP contribution in [0.5, 0.6) is 0 Å². The van der Waals surface area contributed by atoms with E-state index in [0.29, 0.717) is 0 Å². The molecular weight excluding hydrogens is 254 g/mol. The van der Waals surface area contributed by atoms with Gasteiger partial charge < -0.3 is 9.88 Å². The number of nitrogens with zero attached hydrogens (tertiary/aromatic N) is 2. The highest BCUT2D eigenvalue weighted by Gasteiger charge is 1.97. The summed E-state index contributed by atoms with van der Waals surface area (Å²) in [6.07, 6.45) is 5.55. The van der Waals surface area contributed by atoms with Crippen LogP contribution in [0.4, 0.5) is 0 Å². The van der Waals surface area contributed by atoms with Gasteiger partial charge in [0.25, 0.3) is 0 Å². The average Bonchev–Trinajstić information content (AvgIpc) is 3.13. The molecule has 3 aromatic rings. The van der Waals surface area contributed by atoms with Gasteiger partial charge in [-0.25, -0.2) is 4.98 Å². The minimum absolute atomic E-state index is 0.891. The number of aromatic nitrogens is 2. The lowest BCUT2D eigenvalue weighted by Crippen LogP contribution is -2.11. The molecule has 2 heterocycles. The third kappa shape index (κ3) is 3.10. The van der Waals surface area contributed by atoms with Gasteiger partial charge in [0.05, 0.1) is 6.33 Å². The molecule has 0 aliphatic carbocycles. The molecule has 1 N–H and O–H groups in total. The summed E-state index contributed by atoms with van der Waals surface area (Å²) in [6.45, 7) is 1.82. The third-order valence-corrected chi connectivity index (χ3v) is 3.82. The van der Waals surface area contributed by atoms with Gasteiger partial charge in [0.1, 0.15) is 0 Å². The van der Waals surface area contributed by atoms with Crippen LogP contribution < -0.4 is 5.32 Å². The number of benzene rings is 1. The fourth-order valence-corrected chi connectivity index (χ4v) is 2.62. The predicted octanol–water partition coefficient (Wildman–Crippen LogP) is 3.22. The number of imidazole rings is 1. The molecule has 1 aromatic carbocycles. The zero-order valence-electron chi connectivity index (χ0n) is 10.5. The second-order valence-corrected chi connectivity index (χ2v) is 5.35. The number of hydrogen-bond donors (Lipinski definition) is 1. The summed E-state index contributed by atoms with van der Waals surface area (Å²) in [5.74, 6) is 0. The van der Waals surface area contributed by atoms with Crippen molar-refractivity contribution in [3.63, 3.8) is 0 Å². The molecule has 0 spiro atoms. The maximum atomic E-state index is 4.05. The van der Waals surface area contributed by atoms with Gasteiger partial charge in [0.15, 0.2) is 0 Å². The Morgan fingerprint density at radius 3 is 2.68 bits per heavy atom. The van der Waals surface area contributed by atoms with Crippen molar-refractivity contribution < 1.29 is 0 Å².